The molecule has 0 fully saturated rings. The van der Waals surface area contributed by atoms with E-state index in [9.17, 15) is 4.79 Å². The highest BCUT2D eigenvalue weighted by atomic mass is 16.6. The van der Waals surface area contributed by atoms with Gasteiger partial charge in [0.15, 0.2) is 17.3 Å². The van der Waals surface area contributed by atoms with E-state index in [1.807, 2.05) is 36.4 Å². The molecule has 0 aliphatic carbocycles. The summed E-state index contributed by atoms with van der Waals surface area (Å²) in [4.78, 5) is 21.2. The van der Waals surface area contributed by atoms with Crippen LogP contribution in [0.3, 0.4) is 0 Å². The number of benzene rings is 2. The second kappa shape index (κ2) is 7.43. The number of fused-ring (bicyclic) bond motifs is 2. The molecule has 3 aromatic rings. The fraction of sp³-hybridized carbons (Fsp3) is 0.227. The molecule has 2 atom stereocenters. The fourth-order valence-electron chi connectivity index (χ4n) is 3.54. The van der Waals surface area contributed by atoms with E-state index in [0.717, 1.165) is 16.9 Å². The molecule has 2 aromatic carbocycles. The zero-order valence-electron chi connectivity index (χ0n) is 15.6. The first-order valence-electron chi connectivity index (χ1n) is 9.50. The van der Waals surface area contributed by atoms with Crippen LogP contribution in [0, 0.1) is 0 Å². The highest BCUT2D eigenvalue weighted by Crippen LogP contribution is 2.37. The van der Waals surface area contributed by atoms with Crippen molar-refractivity contribution in [2.45, 2.75) is 18.6 Å². The quantitative estimate of drug-likeness (QED) is 0.738. The Morgan fingerprint density at radius 2 is 1.83 bits per heavy atom. The number of para-hydroxylation sites is 3. The van der Waals surface area contributed by atoms with Gasteiger partial charge in [-0.1, -0.05) is 24.3 Å². The van der Waals surface area contributed by atoms with E-state index < -0.39 is 6.10 Å². The number of carbonyl (C=O) groups is 1. The van der Waals surface area contributed by atoms with Crippen molar-refractivity contribution in [1.82, 2.24) is 15.3 Å². The summed E-state index contributed by atoms with van der Waals surface area (Å²) in [5, 5.41) is 2.92. The number of amides is 1. The van der Waals surface area contributed by atoms with Gasteiger partial charge in [0, 0.05) is 18.8 Å². The predicted molar refractivity (Wildman–Crippen MR) is 105 cm³/mol. The summed E-state index contributed by atoms with van der Waals surface area (Å²) in [6, 6.07) is 15.0. The summed E-state index contributed by atoms with van der Waals surface area (Å²) in [7, 11) is 0. The van der Waals surface area contributed by atoms with Crippen LogP contribution in [0.15, 0.2) is 60.9 Å². The third-order valence-electron chi connectivity index (χ3n) is 4.94. The Kier molecular flexibility index (Phi) is 4.48. The standard InChI is InChI=1S/C22H19N3O4/c26-22(19-13-27-17-7-1-2-8-18(17)29-19)25-12-15-11-14-5-3-6-16(20(14)28-15)21-23-9-4-10-24-21/h1-10,15,19H,11-13H2,(H,25,26). The monoisotopic (exact) mass is 389 g/mol. The van der Waals surface area contributed by atoms with E-state index in [4.69, 9.17) is 14.2 Å². The van der Waals surface area contributed by atoms with Crippen molar-refractivity contribution in [3.8, 4) is 28.6 Å². The van der Waals surface area contributed by atoms with Crippen LogP contribution in [0.5, 0.6) is 17.2 Å². The van der Waals surface area contributed by atoms with Gasteiger partial charge in [0.25, 0.3) is 5.91 Å². The Bertz CT molecular complexity index is 1040. The lowest BCUT2D eigenvalue weighted by Crippen LogP contribution is -2.46. The maximum Gasteiger partial charge on any atom is 0.264 e. The minimum absolute atomic E-state index is 0.157. The molecule has 3 heterocycles. The van der Waals surface area contributed by atoms with Crippen LogP contribution in [0.1, 0.15) is 5.56 Å². The largest absolute Gasteiger partial charge is 0.487 e. The lowest BCUT2D eigenvalue weighted by atomic mass is 10.1. The number of nitrogens with one attached hydrogen (secondary N) is 1. The molecule has 29 heavy (non-hydrogen) atoms. The van der Waals surface area contributed by atoms with Gasteiger partial charge in [-0.05, 0) is 29.8 Å². The van der Waals surface area contributed by atoms with Crippen molar-refractivity contribution in [1.29, 1.82) is 0 Å². The van der Waals surface area contributed by atoms with Gasteiger partial charge in [-0.25, -0.2) is 9.97 Å². The number of carbonyl (C=O) groups excluding carboxylic acids is 1. The molecule has 0 saturated heterocycles. The van der Waals surface area contributed by atoms with Crippen LogP contribution in [0.25, 0.3) is 11.4 Å². The van der Waals surface area contributed by atoms with E-state index in [0.29, 0.717) is 30.3 Å². The third kappa shape index (κ3) is 3.47. The molecule has 1 N–H and O–H groups in total. The molecule has 2 aliphatic rings. The average molecular weight is 389 g/mol. The molecule has 2 aliphatic heterocycles. The average Bonchev–Trinajstić information content (AvgIpc) is 3.21. The van der Waals surface area contributed by atoms with Gasteiger partial charge >= 0.3 is 0 Å². The first-order valence-corrected chi connectivity index (χ1v) is 9.50. The van der Waals surface area contributed by atoms with Crippen LogP contribution in [-0.4, -0.2) is 41.2 Å². The van der Waals surface area contributed by atoms with Crippen molar-refractivity contribution in [3.63, 3.8) is 0 Å². The summed E-state index contributed by atoms with van der Waals surface area (Å²) in [5.74, 6) is 2.42. The van der Waals surface area contributed by atoms with Gasteiger partial charge in [-0.15, -0.1) is 0 Å². The molecule has 2 unspecified atom stereocenters. The van der Waals surface area contributed by atoms with Crippen molar-refractivity contribution < 1.29 is 19.0 Å². The van der Waals surface area contributed by atoms with Gasteiger partial charge in [-0.3, -0.25) is 4.79 Å². The number of hydrogen-bond donors (Lipinski definition) is 1. The van der Waals surface area contributed by atoms with E-state index in [1.165, 1.54) is 0 Å². The maximum atomic E-state index is 12.5. The molecule has 7 heteroatoms. The normalized spacial score (nSPS) is 19.2. The Balaban J connectivity index is 1.22. The van der Waals surface area contributed by atoms with E-state index in [2.05, 4.69) is 15.3 Å². The SMILES string of the molecule is O=C(NCC1Cc2cccc(-c3ncccn3)c2O1)C1COc2ccccc2O1. The molecular formula is C22H19N3O4. The number of aromatic nitrogens is 2. The Hall–Kier alpha value is -3.61. The minimum atomic E-state index is -0.679. The Morgan fingerprint density at radius 1 is 1.00 bits per heavy atom. The van der Waals surface area contributed by atoms with Crippen molar-refractivity contribution in [3.05, 3.63) is 66.5 Å². The van der Waals surface area contributed by atoms with Crippen LogP contribution in [-0.2, 0) is 11.2 Å². The summed E-state index contributed by atoms with van der Waals surface area (Å²) < 4.78 is 17.5. The molecule has 0 radical (unpaired) electrons. The first kappa shape index (κ1) is 17.5. The fourth-order valence-corrected chi connectivity index (χ4v) is 3.54. The molecule has 5 rings (SSSR count). The summed E-state index contributed by atoms with van der Waals surface area (Å²) in [6.45, 7) is 0.564. The van der Waals surface area contributed by atoms with E-state index in [-0.39, 0.29) is 18.6 Å². The highest BCUT2D eigenvalue weighted by molar-refractivity contribution is 5.81. The maximum absolute atomic E-state index is 12.5. The van der Waals surface area contributed by atoms with Gasteiger partial charge < -0.3 is 19.5 Å². The molecule has 146 valence electrons. The Labute approximate surface area is 167 Å². The second-order valence-corrected chi connectivity index (χ2v) is 6.92. The number of ether oxygens (including phenoxy) is 3. The number of hydrogen-bond acceptors (Lipinski definition) is 6. The zero-order valence-corrected chi connectivity index (χ0v) is 15.6. The van der Waals surface area contributed by atoms with E-state index in [1.54, 1.807) is 24.5 Å². The number of rotatable bonds is 4. The smallest absolute Gasteiger partial charge is 0.264 e. The molecule has 0 spiro atoms. The van der Waals surface area contributed by atoms with Gasteiger partial charge in [0.2, 0.25) is 6.10 Å². The lowest BCUT2D eigenvalue weighted by molar-refractivity contribution is -0.130. The minimum Gasteiger partial charge on any atom is -0.487 e. The van der Waals surface area contributed by atoms with Crippen LogP contribution in [0.2, 0.25) is 0 Å². The molecule has 0 saturated carbocycles. The van der Waals surface area contributed by atoms with Gasteiger partial charge in [0.1, 0.15) is 18.5 Å². The molecule has 0 bridgehead atoms. The van der Waals surface area contributed by atoms with Crippen LogP contribution < -0.4 is 19.5 Å². The van der Waals surface area contributed by atoms with E-state index >= 15 is 0 Å². The van der Waals surface area contributed by atoms with Crippen LogP contribution in [0.4, 0.5) is 0 Å². The Morgan fingerprint density at radius 3 is 2.69 bits per heavy atom. The van der Waals surface area contributed by atoms with Gasteiger partial charge in [0.05, 0.1) is 12.1 Å². The summed E-state index contributed by atoms with van der Waals surface area (Å²) in [5.41, 5.74) is 1.94. The summed E-state index contributed by atoms with van der Waals surface area (Å²) in [6.07, 6.45) is 3.29. The second-order valence-electron chi connectivity index (χ2n) is 6.92. The van der Waals surface area contributed by atoms with Gasteiger partial charge in [-0.2, -0.15) is 0 Å². The molecular weight excluding hydrogens is 370 g/mol. The first-order chi connectivity index (χ1) is 14.3. The molecule has 7 nitrogen and oxygen atoms in total. The number of nitrogens with zero attached hydrogens (tertiary/aromatic N) is 2. The molecule has 1 amide bonds. The lowest BCUT2D eigenvalue weighted by Gasteiger charge is -2.26. The molecule has 1 aromatic heterocycles. The van der Waals surface area contributed by atoms with Crippen molar-refractivity contribution >= 4 is 5.91 Å². The zero-order chi connectivity index (χ0) is 19.6. The highest BCUT2D eigenvalue weighted by Gasteiger charge is 2.30. The topological polar surface area (TPSA) is 82.6 Å². The van der Waals surface area contributed by atoms with Crippen molar-refractivity contribution in [2.75, 3.05) is 13.2 Å². The van der Waals surface area contributed by atoms with Crippen molar-refractivity contribution in [2.24, 2.45) is 0 Å². The summed E-state index contributed by atoms with van der Waals surface area (Å²) >= 11 is 0. The third-order valence-corrected chi connectivity index (χ3v) is 4.94. The predicted octanol–water partition coefficient (Wildman–Crippen LogP) is 2.40. The van der Waals surface area contributed by atoms with Crippen LogP contribution >= 0.6 is 0 Å².